The number of carbonyl (C=O) groups is 2. The first-order chi connectivity index (χ1) is 9.12. The number of rotatable bonds is 5. The topological polar surface area (TPSA) is 66.4 Å². The van der Waals surface area contributed by atoms with Crippen LogP contribution >= 0.6 is 11.8 Å². The van der Waals surface area contributed by atoms with E-state index in [1.54, 1.807) is 0 Å². The van der Waals surface area contributed by atoms with Crippen LogP contribution in [-0.4, -0.2) is 34.5 Å². The number of thioether (sulfide) groups is 1. The molecule has 1 aliphatic heterocycles. The Bertz CT molecular complexity index is 334. The average Bonchev–Trinajstić information content (AvgIpc) is 2.90. The number of hydrogen-bond acceptors (Lipinski definition) is 3. The molecule has 4 nitrogen and oxygen atoms in total. The largest absolute Gasteiger partial charge is 0.481 e. The number of nitrogens with one attached hydrogen (secondary N) is 1. The van der Waals surface area contributed by atoms with E-state index in [1.165, 1.54) is 12.2 Å². The normalized spacial score (nSPS) is 26.0. The van der Waals surface area contributed by atoms with Crippen LogP contribution in [0.3, 0.4) is 0 Å². The lowest BCUT2D eigenvalue weighted by Gasteiger charge is -2.32. The van der Waals surface area contributed by atoms with Gasteiger partial charge in [-0.15, -0.1) is 0 Å². The summed E-state index contributed by atoms with van der Waals surface area (Å²) in [4.78, 5) is 23.5. The van der Waals surface area contributed by atoms with Crippen molar-refractivity contribution in [1.82, 2.24) is 5.32 Å². The number of hydrogen-bond donors (Lipinski definition) is 2. The zero-order valence-electron chi connectivity index (χ0n) is 11.3. The van der Waals surface area contributed by atoms with E-state index in [0.29, 0.717) is 24.6 Å². The molecule has 19 heavy (non-hydrogen) atoms. The average molecular weight is 285 g/mol. The third kappa shape index (κ3) is 3.88. The van der Waals surface area contributed by atoms with Crippen molar-refractivity contribution in [3.63, 3.8) is 0 Å². The molecule has 1 saturated heterocycles. The number of aliphatic carboxylic acids is 1. The summed E-state index contributed by atoms with van der Waals surface area (Å²) in [6.45, 7) is 0.694. The van der Waals surface area contributed by atoms with Gasteiger partial charge in [0.2, 0.25) is 5.91 Å². The summed E-state index contributed by atoms with van der Waals surface area (Å²) in [5.74, 6) is 0.300. The van der Waals surface area contributed by atoms with Crippen LogP contribution in [0.4, 0.5) is 0 Å². The smallest absolute Gasteiger partial charge is 0.310 e. The molecule has 1 unspecified atom stereocenters. The predicted molar refractivity (Wildman–Crippen MR) is 76.3 cm³/mol. The van der Waals surface area contributed by atoms with Crippen LogP contribution in [-0.2, 0) is 9.59 Å². The number of amides is 1. The molecular weight excluding hydrogens is 262 g/mol. The van der Waals surface area contributed by atoms with Crippen LogP contribution in [0, 0.1) is 5.41 Å². The molecule has 0 spiro atoms. The second-order valence-corrected chi connectivity index (χ2v) is 7.17. The van der Waals surface area contributed by atoms with Crippen molar-refractivity contribution in [3.05, 3.63) is 0 Å². The fraction of sp³-hybridized carbons (Fsp3) is 0.857. The molecule has 1 heterocycles. The standard InChI is InChI=1S/C14H23NO3S/c16-12(15-10-11-5-4-8-19-11)9-14(13(17)18)6-2-1-3-7-14/h11H,1-10H2,(H,15,16)(H,17,18). The van der Waals surface area contributed by atoms with Gasteiger partial charge < -0.3 is 10.4 Å². The van der Waals surface area contributed by atoms with Crippen molar-refractivity contribution in [2.24, 2.45) is 5.41 Å². The number of carboxylic acid groups (broad SMARTS) is 1. The van der Waals surface area contributed by atoms with Gasteiger partial charge in [-0.1, -0.05) is 19.3 Å². The van der Waals surface area contributed by atoms with Crippen molar-refractivity contribution in [2.45, 2.75) is 56.6 Å². The van der Waals surface area contributed by atoms with E-state index in [-0.39, 0.29) is 12.3 Å². The zero-order chi connectivity index (χ0) is 13.7. The van der Waals surface area contributed by atoms with E-state index >= 15 is 0 Å². The molecule has 0 aromatic heterocycles. The minimum Gasteiger partial charge on any atom is -0.481 e. The molecular formula is C14H23NO3S. The van der Waals surface area contributed by atoms with Gasteiger partial charge in [-0.3, -0.25) is 9.59 Å². The first kappa shape index (κ1) is 14.7. The molecule has 5 heteroatoms. The van der Waals surface area contributed by atoms with Gasteiger partial charge in [-0.05, 0) is 31.4 Å². The molecule has 0 aromatic rings. The lowest BCUT2D eigenvalue weighted by Crippen LogP contribution is -2.40. The Morgan fingerprint density at radius 3 is 2.53 bits per heavy atom. The van der Waals surface area contributed by atoms with Gasteiger partial charge in [-0.25, -0.2) is 0 Å². The lowest BCUT2D eigenvalue weighted by atomic mass is 9.71. The molecule has 1 aliphatic carbocycles. The Balaban J connectivity index is 1.82. The summed E-state index contributed by atoms with van der Waals surface area (Å²) in [5, 5.41) is 12.9. The lowest BCUT2D eigenvalue weighted by molar-refractivity contribution is -0.154. The molecule has 2 N–H and O–H groups in total. The van der Waals surface area contributed by atoms with Crippen molar-refractivity contribution >= 4 is 23.6 Å². The minimum atomic E-state index is -0.800. The second-order valence-electron chi connectivity index (χ2n) is 5.76. The monoisotopic (exact) mass is 285 g/mol. The Hall–Kier alpha value is -0.710. The van der Waals surface area contributed by atoms with Crippen LogP contribution in [0.15, 0.2) is 0 Å². The maximum Gasteiger partial charge on any atom is 0.310 e. The van der Waals surface area contributed by atoms with Crippen LogP contribution in [0.5, 0.6) is 0 Å². The quantitative estimate of drug-likeness (QED) is 0.814. The molecule has 0 bridgehead atoms. The van der Waals surface area contributed by atoms with Gasteiger partial charge >= 0.3 is 5.97 Å². The molecule has 1 amide bonds. The number of carbonyl (C=O) groups excluding carboxylic acids is 1. The summed E-state index contributed by atoms with van der Waals surface area (Å²) >= 11 is 1.90. The third-order valence-electron chi connectivity index (χ3n) is 4.31. The molecule has 108 valence electrons. The maximum absolute atomic E-state index is 12.0. The SMILES string of the molecule is O=C(CC1(C(=O)O)CCCCC1)NCC1CCCS1. The maximum atomic E-state index is 12.0. The van der Waals surface area contributed by atoms with Gasteiger partial charge in [-0.2, -0.15) is 11.8 Å². The minimum absolute atomic E-state index is 0.0863. The van der Waals surface area contributed by atoms with E-state index in [1.807, 2.05) is 11.8 Å². The van der Waals surface area contributed by atoms with Gasteiger partial charge in [0.15, 0.2) is 0 Å². The van der Waals surface area contributed by atoms with E-state index in [4.69, 9.17) is 0 Å². The Morgan fingerprint density at radius 2 is 1.95 bits per heavy atom. The van der Waals surface area contributed by atoms with Crippen molar-refractivity contribution in [2.75, 3.05) is 12.3 Å². The Morgan fingerprint density at radius 1 is 1.21 bits per heavy atom. The van der Waals surface area contributed by atoms with Gasteiger partial charge in [0, 0.05) is 18.2 Å². The molecule has 2 fully saturated rings. The van der Waals surface area contributed by atoms with Crippen LogP contribution in [0.1, 0.15) is 51.4 Å². The van der Waals surface area contributed by atoms with Gasteiger partial charge in [0.1, 0.15) is 0 Å². The highest BCUT2D eigenvalue weighted by molar-refractivity contribution is 8.00. The van der Waals surface area contributed by atoms with E-state index in [0.717, 1.165) is 25.7 Å². The molecule has 1 saturated carbocycles. The van der Waals surface area contributed by atoms with E-state index in [2.05, 4.69) is 5.32 Å². The van der Waals surface area contributed by atoms with Crippen molar-refractivity contribution in [1.29, 1.82) is 0 Å². The van der Waals surface area contributed by atoms with Crippen LogP contribution in [0.25, 0.3) is 0 Å². The first-order valence-electron chi connectivity index (χ1n) is 7.24. The van der Waals surface area contributed by atoms with Crippen LogP contribution < -0.4 is 5.32 Å². The summed E-state index contributed by atoms with van der Waals surface area (Å²) in [7, 11) is 0. The summed E-state index contributed by atoms with van der Waals surface area (Å²) in [6, 6.07) is 0. The Kier molecular flexibility index (Phi) is 5.13. The second kappa shape index (κ2) is 6.64. The zero-order valence-corrected chi connectivity index (χ0v) is 12.1. The summed E-state index contributed by atoms with van der Waals surface area (Å²) in [6.07, 6.45) is 6.78. The molecule has 2 rings (SSSR count). The summed E-state index contributed by atoms with van der Waals surface area (Å²) < 4.78 is 0. The highest BCUT2D eigenvalue weighted by Gasteiger charge is 2.41. The predicted octanol–water partition coefficient (Wildman–Crippen LogP) is 2.42. The van der Waals surface area contributed by atoms with Crippen LogP contribution in [0.2, 0.25) is 0 Å². The van der Waals surface area contributed by atoms with E-state index in [9.17, 15) is 14.7 Å². The van der Waals surface area contributed by atoms with Crippen molar-refractivity contribution < 1.29 is 14.7 Å². The molecule has 0 aromatic carbocycles. The first-order valence-corrected chi connectivity index (χ1v) is 8.29. The highest BCUT2D eigenvalue weighted by Crippen LogP contribution is 2.39. The molecule has 0 radical (unpaired) electrons. The van der Waals surface area contributed by atoms with Crippen molar-refractivity contribution in [3.8, 4) is 0 Å². The fourth-order valence-electron chi connectivity index (χ4n) is 3.10. The Labute approximate surface area is 118 Å². The van der Waals surface area contributed by atoms with E-state index < -0.39 is 11.4 Å². The summed E-state index contributed by atoms with van der Waals surface area (Å²) in [5.41, 5.74) is -0.800. The molecule has 1 atom stereocenters. The van der Waals surface area contributed by atoms with Gasteiger partial charge in [0.05, 0.1) is 5.41 Å². The molecule has 2 aliphatic rings. The third-order valence-corrected chi connectivity index (χ3v) is 5.71. The highest BCUT2D eigenvalue weighted by atomic mass is 32.2. The van der Waals surface area contributed by atoms with Gasteiger partial charge in [0.25, 0.3) is 0 Å². The fourth-order valence-corrected chi connectivity index (χ4v) is 4.30. The number of carboxylic acids is 1.